The zero-order chi connectivity index (χ0) is 20.9. The van der Waals surface area contributed by atoms with Crippen molar-refractivity contribution in [2.75, 3.05) is 5.32 Å². The smallest absolute Gasteiger partial charge is 0.365 e. The van der Waals surface area contributed by atoms with Gasteiger partial charge in [0.25, 0.3) is 11.8 Å². The van der Waals surface area contributed by atoms with Crippen molar-refractivity contribution in [3.05, 3.63) is 50.9 Å². The molecule has 0 saturated heterocycles. The molecule has 11 heteroatoms. The highest BCUT2D eigenvalue weighted by atomic mass is 32.1. The lowest BCUT2D eigenvalue weighted by Gasteiger charge is -2.14. The maximum absolute atomic E-state index is 12.9. The lowest BCUT2D eigenvalue weighted by Crippen LogP contribution is -2.19. The van der Waals surface area contributed by atoms with Crippen molar-refractivity contribution < 1.29 is 35.9 Å². The van der Waals surface area contributed by atoms with Crippen LogP contribution in [0.15, 0.2) is 18.2 Å². The fourth-order valence-electron chi connectivity index (χ4n) is 3.01. The maximum atomic E-state index is 12.9. The predicted molar refractivity (Wildman–Crippen MR) is 89.3 cm³/mol. The molecule has 1 aromatic heterocycles. The molecule has 2 aromatic rings. The van der Waals surface area contributed by atoms with E-state index in [2.05, 4.69) is 5.32 Å². The summed E-state index contributed by atoms with van der Waals surface area (Å²) in [5.41, 5.74) is 2.01. The van der Waals surface area contributed by atoms with Gasteiger partial charge in [-0.05, 0) is 43.0 Å². The summed E-state index contributed by atoms with van der Waals surface area (Å²) in [7, 11) is 0. The highest BCUT2D eigenvalue weighted by Crippen LogP contribution is 2.40. The van der Waals surface area contributed by atoms with Gasteiger partial charge in [0.1, 0.15) is 5.00 Å². The first-order valence-corrected chi connectivity index (χ1v) is 8.74. The van der Waals surface area contributed by atoms with E-state index in [4.69, 9.17) is 5.73 Å². The number of alkyl halides is 6. The van der Waals surface area contributed by atoms with E-state index in [1.807, 2.05) is 0 Å². The van der Waals surface area contributed by atoms with Gasteiger partial charge in [0.15, 0.2) is 0 Å². The van der Waals surface area contributed by atoms with Crippen molar-refractivity contribution in [2.45, 2.75) is 31.6 Å². The Balaban J connectivity index is 2.01. The summed E-state index contributed by atoms with van der Waals surface area (Å²) in [5.74, 6) is -2.02. The summed E-state index contributed by atoms with van der Waals surface area (Å²) in [4.78, 5) is 24.9. The molecule has 28 heavy (non-hydrogen) atoms. The van der Waals surface area contributed by atoms with E-state index in [9.17, 15) is 35.9 Å². The predicted octanol–water partition coefficient (Wildman–Crippen LogP) is 4.63. The number of hydrogen-bond acceptors (Lipinski definition) is 3. The number of halogens is 6. The first-order valence-electron chi connectivity index (χ1n) is 7.93. The quantitative estimate of drug-likeness (QED) is 0.709. The Morgan fingerprint density at radius 2 is 1.54 bits per heavy atom. The number of benzene rings is 1. The van der Waals surface area contributed by atoms with Crippen LogP contribution in [0.1, 0.15) is 48.7 Å². The molecular formula is C17H12F6N2O2S. The molecule has 0 saturated carbocycles. The Morgan fingerprint density at radius 1 is 0.964 bits per heavy atom. The van der Waals surface area contributed by atoms with E-state index in [0.29, 0.717) is 30.5 Å². The fraction of sp³-hybridized carbons (Fsp3) is 0.294. The Bertz CT molecular complexity index is 930. The second kappa shape index (κ2) is 6.80. The minimum Gasteiger partial charge on any atom is -0.365 e. The highest BCUT2D eigenvalue weighted by Gasteiger charge is 2.37. The van der Waals surface area contributed by atoms with E-state index in [0.717, 1.165) is 22.6 Å². The van der Waals surface area contributed by atoms with E-state index in [1.54, 1.807) is 0 Å². The lowest BCUT2D eigenvalue weighted by atomic mass is 10.0. The molecule has 0 spiro atoms. The number of anilines is 1. The van der Waals surface area contributed by atoms with Crippen LogP contribution in [0.4, 0.5) is 31.3 Å². The Morgan fingerprint density at radius 3 is 2.04 bits per heavy atom. The standard InChI is InChI=1S/C17H12F6N2O2S/c18-16(19,20)8-4-7(5-9(6-8)17(21,22)23)14(27)25-15-12(13(24)26)10-2-1-3-11(10)28-15/h4-6H,1-3H2,(H2,24,26)(H,25,27). The monoisotopic (exact) mass is 422 g/mol. The summed E-state index contributed by atoms with van der Waals surface area (Å²) in [6.07, 6.45) is -8.14. The maximum Gasteiger partial charge on any atom is 0.416 e. The van der Waals surface area contributed by atoms with Crippen LogP contribution < -0.4 is 11.1 Å². The summed E-state index contributed by atoms with van der Waals surface area (Å²) < 4.78 is 77.7. The number of carbonyl (C=O) groups excluding carboxylic acids is 2. The molecule has 1 aromatic carbocycles. The lowest BCUT2D eigenvalue weighted by molar-refractivity contribution is -0.143. The van der Waals surface area contributed by atoms with Crippen molar-refractivity contribution in [3.63, 3.8) is 0 Å². The van der Waals surface area contributed by atoms with Gasteiger partial charge in [0, 0.05) is 10.4 Å². The molecule has 1 aliphatic rings. The highest BCUT2D eigenvalue weighted by molar-refractivity contribution is 7.17. The van der Waals surface area contributed by atoms with Crippen LogP contribution in [-0.4, -0.2) is 11.8 Å². The minimum absolute atomic E-state index is 0.0215. The molecular weight excluding hydrogens is 410 g/mol. The third-order valence-corrected chi connectivity index (χ3v) is 5.45. The number of nitrogens with two attached hydrogens (primary N) is 1. The number of primary amides is 1. The van der Waals surface area contributed by atoms with Gasteiger partial charge in [-0.15, -0.1) is 11.3 Å². The Labute approximate surface area is 158 Å². The van der Waals surface area contributed by atoms with Gasteiger partial charge in [-0.2, -0.15) is 26.3 Å². The summed E-state index contributed by atoms with van der Waals surface area (Å²) in [6.45, 7) is 0. The molecule has 0 aliphatic heterocycles. The van der Waals surface area contributed by atoms with E-state index < -0.39 is 40.9 Å². The van der Waals surface area contributed by atoms with Crippen molar-refractivity contribution in [3.8, 4) is 0 Å². The SMILES string of the molecule is NC(=O)c1c(NC(=O)c2cc(C(F)(F)F)cc(C(F)(F)F)c2)sc2c1CCC2. The number of aryl methyl sites for hydroxylation is 1. The topological polar surface area (TPSA) is 72.2 Å². The van der Waals surface area contributed by atoms with Crippen LogP contribution in [-0.2, 0) is 25.2 Å². The number of hydrogen-bond donors (Lipinski definition) is 2. The molecule has 1 heterocycles. The molecule has 0 unspecified atom stereocenters. The second-order valence-corrected chi connectivity index (χ2v) is 7.28. The molecule has 0 fully saturated rings. The van der Waals surface area contributed by atoms with Crippen LogP contribution in [0.2, 0.25) is 0 Å². The van der Waals surface area contributed by atoms with Crippen molar-refractivity contribution in [2.24, 2.45) is 5.73 Å². The third kappa shape index (κ3) is 3.84. The summed E-state index contributed by atoms with van der Waals surface area (Å²) >= 11 is 1.04. The number of thiophene rings is 1. The van der Waals surface area contributed by atoms with Gasteiger partial charge in [-0.1, -0.05) is 0 Å². The van der Waals surface area contributed by atoms with Crippen molar-refractivity contribution >= 4 is 28.2 Å². The first kappa shape index (κ1) is 20.2. The van der Waals surface area contributed by atoms with E-state index in [1.165, 1.54) is 0 Å². The molecule has 3 N–H and O–H groups in total. The molecule has 4 nitrogen and oxygen atoms in total. The van der Waals surface area contributed by atoms with Gasteiger partial charge < -0.3 is 11.1 Å². The molecule has 3 rings (SSSR count). The molecule has 0 bridgehead atoms. The van der Waals surface area contributed by atoms with Crippen LogP contribution in [0.5, 0.6) is 0 Å². The van der Waals surface area contributed by atoms with Crippen LogP contribution in [0.3, 0.4) is 0 Å². The third-order valence-electron chi connectivity index (χ3n) is 4.24. The van der Waals surface area contributed by atoms with Gasteiger partial charge in [0.05, 0.1) is 16.7 Å². The normalized spacial score (nSPS) is 14.1. The van der Waals surface area contributed by atoms with Gasteiger partial charge in [-0.25, -0.2) is 0 Å². The first-order chi connectivity index (χ1) is 12.9. The number of rotatable bonds is 3. The van der Waals surface area contributed by atoms with Crippen LogP contribution >= 0.6 is 11.3 Å². The Kier molecular flexibility index (Phi) is 4.90. The molecule has 2 amide bonds. The van der Waals surface area contributed by atoms with Crippen molar-refractivity contribution in [1.82, 2.24) is 0 Å². The molecule has 1 aliphatic carbocycles. The molecule has 0 radical (unpaired) electrons. The van der Waals surface area contributed by atoms with Gasteiger partial charge >= 0.3 is 12.4 Å². The van der Waals surface area contributed by atoms with E-state index >= 15 is 0 Å². The average Bonchev–Trinajstić information content (AvgIpc) is 3.12. The fourth-order valence-corrected chi connectivity index (χ4v) is 4.30. The molecule has 150 valence electrons. The largest absolute Gasteiger partial charge is 0.416 e. The number of fused-ring (bicyclic) bond motifs is 1. The average molecular weight is 422 g/mol. The minimum atomic E-state index is -5.07. The molecule has 0 atom stereocenters. The van der Waals surface area contributed by atoms with Gasteiger partial charge in [-0.3, -0.25) is 9.59 Å². The van der Waals surface area contributed by atoms with Gasteiger partial charge in [0.2, 0.25) is 0 Å². The second-order valence-electron chi connectivity index (χ2n) is 6.17. The Hall–Kier alpha value is -2.56. The van der Waals surface area contributed by atoms with E-state index in [-0.39, 0.29) is 16.6 Å². The number of nitrogens with one attached hydrogen (secondary N) is 1. The van der Waals surface area contributed by atoms with Crippen LogP contribution in [0.25, 0.3) is 0 Å². The van der Waals surface area contributed by atoms with Crippen LogP contribution in [0, 0.1) is 0 Å². The zero-order valence-electron chi connectivity index (χ0n) is 13.9. The number of amides is 2. The summed E-state index contributed by atoms with van der Waals surface area (Å²) in [5, 5.41) is 2.26. The number of carbonyl (C=O) groups is 2. The van der Waals surface area contributed by atoms with Crippen molar-refractivity contribution in [1.29, 1.82) is 0 Å². The summed E-state index contributed by atoms with van der Waals surface area (Å²) in [6, 6.07) is 0.594. The zero-order valence-corrected chi connectivity index (χ0v) is 14.7.